The highest BCUT2D eigenvalue weighted by molar-refractivity contribution is 9.10. The van der Waals surface area contributed by atoms with Gasteiger partial charge >= 0.3 is 0 Å². The van der Waals surface area contributed by atoms with Crippen LogP contribution in [0.4, 0.5) is 5.69 Å². The van der Waals surface area contributed by atoms with Gasteiger partial charge in [0.25, 0.3) is 10.0 Å². The lowest BCUT2D eigenvalue weighted by Gasteiger charge is -2.24. The SMILES string of the molecule is Cc1ccc(S(=O)(=O)N(CC(=O)NCCCSCc2ccccc2)c2cccc(Br)c2)cc1. The topological polar surface area (TPSA) is 66.5 Å². The van der Waals surface area contributed by atoms with E-state index in [-0.39, 0.29) is 17.3 Å². The number of hydrogen-bond acceptors (Lipinski definition) is 4. The minimum Gasteiger partial charge on any atom is -0.354 e. The summed E-state index contributed by atoms with van der Waals surface area (Å²) in [7, 11) is -3.91. The van der Waals surface area contributed by atoms with E-state index in [9.17, 15) is 13.2 Å². The monoisotopic (exact) mass is 546 g/mol. The van der Waals surface area contributed by atoms with Crippen LogP contribution in [0, 0.1) is 6.92 Å². The Morgan fingerprint density at radius 1 is 1.00 bits per heavy atom. The van der Waals surface area contributed by atoms with Gasteiger partial charge in [-0.2, -0.15) is 11.8 Å². The highest BCUT2D eigenvalue weighted by atomic mass is 79.9. The summed E-state index contributed by atoms with van der Waals surface area (Å²) in [6.45, 7) is 2.11. The maximum Gasteiger partial charge on any atom is 0.264 e. The van der Waals surface area contributed by atoms with E-state index in [1.165, 1.54) is 5.56 Å². The number of carbonyl (C=O) groups excluding carboxylic acids is 1. The van der Waals surface area contributed by atoms with Crippen LogP contribution in [0.15, 0.2) is 88.2 Å². The lowest BCUT2D eigenvalue weighted by atomic mass is 10.2. The molecule has 0 unspecified atom stereocenters. The second kappa shape index (κ2) is 12.3. The fraction of sp³-hybridized carbons (Fsp3) is 0.240. The van der Waals surface area contributed by atoms with Gasteiger partial charge in [-0.15, -0.1) is 0 Å². The molecule has 0 aliphatic rings. The van der Waals surface area contributed by atoms with Gasteiger partial charge in [0, 0.05) is 16.8 Å². The maximum atomic E-state index is 13.4. The van der Waals surface area contributed by atoms with Crippen LogP contribution in [0.3, 0.4) is 0 Å². The summed E-state index contributed by atoms with van der Waals surface area (Å²) in [5.41, 5.74) is 2.67. The number of hydrogen-bond donors (Lipinski definition) is 1. The average Bonchev–Trinajstić information content (AvgIpc) is 2.80. The van der Waals surface area contributed by atoms with Crippen molar-refractivity contribution < 1.29 is 13.2 Å². The smallest absolute Gasteiger partial charge is 0.264 e. The van der Waals surface area contributed by atoms with Crippen molar-refractivity contribution in [1.82, 2.24) is 5.32 Å². The van der Waals surface area contributed by atoms with E-state index >= 15 is 0 Å². The molecule has 3 aromatic rings. The molecule has 33 heavy (non-hydrogen) atoms. The minimum atomic E-state index is -3.91. The van der Waals surface area contributed by atoms with Crippen LogP contribution in [0.2, 0.25) is 0 Å². The first-order chi connectivity index (χ1) is 15.9. The number of nitrogens with one attached hydrogen (secondary N) is 1. The first-order valence-corrected chi connectivity index (χ1v) is 14.0. The van der Waals surface area contributed by atoms with Gasteiger partial charge in [-0.05, 0) is 55.0 Å². The second-order valence-corrected chi connectivity index (χ2v) is 11.4. The Labute approximate surface area is 208 Å². The zero-order valence-electron chi connectivity index (χ0n) is 18.4. The average molecular weight is 548 g/mol. The van der Waals surface area contributed by atoms with E-state index in [4.69, 9.17) is 0 Å². The lowest BCUT2D eigenvalue weighted by molar-refractivity contribution is -0.119. The van der Waals surface area contributed by atoms with Crippen molar-refractivity contribution in [3.8, 4) is 0 Å². The van der Waals surface area contributed by atoms with Crippen molar-refractivity contribution in [1.29, 1.82) is 0 Å². The van der Waals surface area contributed by atoms with Crippen LogP contribution in [0.5, 0.6) is 0 Å². The summed E-state index contributed by atoms with van der Waals surface area (Å²) >= 11 is 5.20. The lowest BCUT2D eigenvalue weighted by Crippen LogP contribution is -2.41. The number of benzene rings is 3. The molecule has 0 atom stereocenters. The van der Waals surface area contributed by atoms with Crippen molar-refractivity contribution in [3.63, 3.8) is 0 Å². The van der Waals surface area contributed by atoms with Gasteiger partial charge in [0.15, 0.2) is 0 Å². The first kappa shape index (κ1) is 25.3. The third-order valence-corrected chi connectivity index (χ3v) is 8.29. The fourth-order valence-corrected chi connectivity index (χ4v) is 5.86. The summed E-state index contributed by atoms with van der Waals surface area (Å²) in [6, 6.07) is 23.8. The van der Waals surface area contributed by atoms with Gasteiger partial charge in [-0.1, -0.05) is 70.0 Å². The van der Waals surface area contributed by atoms with Gasteiger partial charge in [0.05, 0.1) is 10.6 Å². The Morgan fingerprint density at radius 3 is 2.42 bits per heavy atom. The molecule has 0 fully saturated rings. The van der Waals surface area contributed by atoms with Gasteiger partial charge in [0.1, 0.15) is 6.54 Å². The second-order valence-electron chi connectivity index (χ2n) is 7.55. The van der Waals surface area contributed by atoms with Crippen LogP contribution in [-0.4, -0.2) is 33.2 Å². The van der Waals surface area contributed by atoms with Crippen molar-refractivity contribution >= 4 is 49.3 Å². The summed E-state index contributed by atoms with van der Waals surface area (Å²) in [4.78, 5) is 12.8. The summed E-state index contributed by atoms with van der Waals surface area (Å²) in [6.07, 6.45) is 0.810. The molecule has 0 bridgehead atoms. The molecule has 0 radical (unpaired) electrons. The molecule has 0 aliphatic heterocycles. The van der Waals surface area contributed by atoms with E-state index < -0.39 is 10.0 Å². The summed E-state index contributed by atoms with van der Waals surface area (Å²) in [5.74, 6) is 1.51. The van der Waals surface area contributed by atoms with Crippen molar-refractivity contribution in [2.75, 3.05) is 23.1 Å². The van der Waals surface area contributed by atoms with Crippen LogP contribution in [0.1, 0.15) is 17.5 Å². The Balaban J connectivity index is 1.60. The predicted octanol–water partition coefficient (Wildman–Crippen LogP) is 5.39. The third-order valence-electron chi connectivity index (χ3n) is 4.89. The molecule has 3 aromatic carbocycles. The van der Waals surface area contributed by atoms with Crippen molar-refractivity contribution in [3.05, 3.63) is 94.5 Å². The zero-order chi connectivity index (χ0) is 23.7. The number of amides is 1. The van der Waals surface area contributed by atoms with E-state index in [1.54, 1.807) is 42.5 Å². The molecule has 0 heterocycles. The first-order valence-electron chi connectivity index (χ1n) is 10.6. The molecule has 174 valence electrons. The van der Waals surface area contributed by atoms with E-state index in [0.717, 1.165) is 32.3 Å². The molecule has 0 spiro atoms. The fourth-order valence-electron chi connectivity index (χ4n) is 3.14. The highest BCUT2D eigenvalue weighted by Gasteiger charge is 2.27. The number of halogens is 1. The molecular formula is C25H27BrN2O3S2. The Hall–Kier alpha value is -2.29. The molecule has 3 rings (SSSR count). The minimum absolute atomic E-state index is 0.151. The van der Waals surface area contributed by atoms with E-state index in [2.05, 4.69) is 33.4 Å². The molecule has 1 N–H and O–H groups in total. The van der Waals surface area contributed by atoms with E-state index in [1.807, 2.05) is 43.0 Å². The van der Waals surface area contributed by atoms with Crippen LogP contribution < -0.4 is 9.62 Å². The number of aryl methyl sites for hydroxylation is 1. The molecule has 8 heteroatoms. The normalized spacial score (nSPS) is 11.2. The molecular weight excluding hydrogens is 520 g/mol. The van der Waals surface area contributed by atoms with E-state index in [0.29, 0.717) is 12.2 Å². The molecule has 1 amide bonds. The van der Waals surface area contributed by atoms with Crippen LogP contribution >= 0.6 is 27.7 Å². The number of sulfonamides is 1. The number of thioether (sulfide) groups is 1. The zero-order valence-corrected chi connectivity index (χ0v) is 21.6. The van der Waals surface area contributed by atoms with Crippen LogP contribution in [0.25, 0.3) is 0 Å². The quantitative estimate of drug-likeness (QED) is 0.327. The summed E-state index contributed by atoms with van der Waals surface area (Å²) in [5, 5.41) is 2.86. The Kier molecular flexibility index (Phi) is 9.41. The van der Waals surface area contributed by atoms with Crippen molar-refractivity contribution in [2.24, 2.45) is 0 Å². The number of rotatable bonds is 11. The number of nitrogens with zero attached hydrogens (tertiary/aromatic N) is 1. The predicted molar refractivity (Wildman–Crippen MR) is 140 cm³/mol. The largest absolute Gasteiger partial charge is 0.354 e. The highest BCUT2D eigenvalue weighted by Crippen LogP contribution is 2.26. The Bertz CT molecular complexity index is 1150. The number of carbonyl (C=O) groups is 1. The third kappa shape index (κ3) is 7.62. The van der Waals surface area contributed by atoms with Gasteiger partial charge in [-0.25, -0.2) is 8.42 Å². The summed E-state index contributed by atoms with van der Waals surface area (Å²) < 4.78 is 28.6. The molecule has 0 saturated carbocycles. The van der Waals surface area contributed by atoms with Gasteiger partial charge in [-0.3, -0.25) is 9.10 Å². The molecule has 0 aromatic heterocycles. The molecule has 0 saturated heterocycles. The maximum absolute atomic E-state index is 13.4. The van der Waals surface area contributed by atoms with Gasteiger partial charge < -0.3 is 5.32 Å². The van der Waals surface area contributed by atoms with Crippen LogP contribution in [-0.2, 0) is 20.6 Å². The standard InChI is InChI=1S/C25H27BrN2O3S2/c1-20-11-13-24(14-12-20)33(30,31)28(23-10-5-9-22(26)17-23)18-25(29)27-15-6-16-32-19-21-7-3-2-4-8-21/h2-5,7-14,17H,6,15-16,18-19H2,1H3,(H,27,29). The molecule has 0 aliphatic carbocycles. The molecule has 5 nitrogen and oxygen atoms in total. The number of anilines is 1. The van der Waals surface area contributed by atoms with Crippen molar-refractivity contribution in [2.45, 2.75) is 24.0 Å². The Morgan fingerprint density at radius 2 is 1.73 bits per heavy atom. The van der Waals surface area contributed by atoms with Gasteiger partial charge in [0.2, 0.25) is 5.91 Å².